The summed E-state index contributed by atoms with van der Waals surface area (Å²) in [6.07, 6.45) is 0.546. The molecule has 18 heavy (non-hydrogen) atoms. The van der Waals surface area contributed by atoms with E-state index in [1.807, 2.05) is 18.0 Å². The molecule has 0 spiro atoms. The predicted octanol–water partition coefficient (Wildman–Crippen LogP) is 1.25. The van der Waals surface area contributed by atoms with E-state index in [0.717, 1.165) is 32.7 Å². The van der Waals surface area contributed by atoms with Crippen LogP contribution < -0.4 is 5.43 Å². The lowest BCUT2D eigenvalue weighted by atomic mass is 10.2. The summed E-state index contributed by atoms with van der Waals surface area (Å²) in [7, 11) is 0. The molecule has 1 heterocycles. The lowest BCUT2D eigenvalue weighted by Crippen LogP contribution is -2.53. The minimum absolute atomic E-state index is 0.103. The van der Waals surface area contributed by atoms with Crippen LogP contribution in [0.5, 0.6) is 0 Å². The number of amides is 1. The number of carbonyl (C=O) groups is 1. The first-order valence-electron chi connectivity index (χ1n) is 6.58. The summed E-state index contributed by atoms with van der Waals surface area (Å²) in [5.74, 6) is 0.103. The maximum absolute atomic E-state index is 11.3. The lowest BCUT2D eigenvalue weighted by molar-refractivity contribution is -0.126. The quantitative estimate of drug-likeness (QED) is 0.869. The third-order valence-corrected chi connectivity index (χ3v) is 3.23. The van der Waals surface area contributed by atoms with Crippen LogP contribution in [0.15, 0.2) is 30.3 Å². The molecule has 1 amide bonds. The number of piperazine rings is 1. The SMILES string of the molecule is CCC(=O)NN1CCN(Cc2ccccc2)CC1. The highest BCUT2D eigenvalue weighted by Crippen LogP contribution is 2.07. The fraction of sp³-hybridized carbons (Fsp3) is 0.500. The largest absolute Gasteiger partial charge is 0.296 e. The fourth-order valence-electron chi connectivity index (χ4n) is 2.11. The summed E-state index contributed by atoms with van der Waals surface area (Å²) < 4.78 is 0. The second-order valence-corrected chi connectivity index (χ2v) is 4.64. The van der Waals surface area contributed by atoms with Crippen molar-refractivity contribution in [1.82, 2.24) is 15.3 Å². The fourth-order valence-corrected chi connectivity index (χ4v) is 2.11. The zero-order valence-electron chi connectivity index (χ0n) is 10.9. The van der Waals surface area contributed by atoms with Crippen molar-refractivity contribution >= 4 is 5.91 Å². The van der Waals surface area contributed by atoms with Crippen LogP contribution >= 0.6 is 0 Å². The molecular weight excluding hydrogens is 226 g/mol. The number of carbonyl (C=O) groups excluding carboxylic acids is 1. The molecule has 0 aliphatic carbocycles. The number of nitrogens with one attached hydrogen (secondary N) is 1. The molecule has 0 unspecified atom stereocenters. The zero-order valence-corrected chi connectivity index (χ0v) is 10.9. The van der Waals surface area contributed by atoms with E-state index in [2.05, 4.69) is 34.6 Å². The molecule has 1 aromatic carbocycles. The van der Waals surface area contributed by atoms with Gasteiger partial charge in [-0.2, -0.15) is 0 Å². The molecule has 1 N–H and O–H groups in total. The average molecular weight is 247 g/mol. The first-order chi connectivity index (χ1) is 8.78. The van der Waals surface area contributed by atoms with Gasteiger partial charge in [0.1, 0.15) is 0 Å². The maximum atomic E-state index is 11.3. The van der Waals surface area contributed by atoms with Crippen LogP contribution in [-0.4, -0.2) is 42.0 Å². The van der Waals surface area contributed by atoms with Crippen molar-refractivity contribution < 1.29 is 4.79 Å². The Hall–Kier alpha value is -1.39. The summed E-state index contributed by atoms with van der Waals surface area (Å²) in [5, 5.41) is 2.02. The monoisotopic (exact) mass is 247 g/mol. The zero-order chi connectivity index (χ0) is 12.8. The molecule has 1 aliphatic heterocycles. The standard InChI is InChI=1S/C14H21N3O/c1-2-14(18)15-17-10-8-16(9-11-17)12-13-6-4-3-5-7-13/h3-7H,2,8-12H2,1H3,(H,15,18). The summed E-state index contributed by atoms with van der Waals surface area (Å²) >= 11 is 0. The van der Waals surface area contributed by atoms with Crippen molar-refractivity contribution in [1.29, 1.82) is 0 Å². The van der Waals surface area contributed by atoms with Crippen LogP contribution in [-0.2, 0) is 11.3 Å². The molecule has 0 radical (unpaired) electrons. The van der Waals surface area contributed by atoms with E-state index in [4.69, 9.17) is 0 Å². The maximum Gasteiger partial charge on any atom is 0.233 e. The number of hydrogen-bond acceptors (Lipinski definition) is 3. The van der Waals surface area contributed by atoms with Crippen molar-refractivity contribution in [3.8, 4) is 0 Å². The van der Waals surface area contributed by atoms with E-state index in [0.29, 0.717) is 6.42 Å². The molecule has 1 fully saturated rings. The highest BCUT2D eigenvalue weighted by Gasteiger charge is 2.17. The molecule has 98 valence electrons. The third kappa shape index (κ3) is 3.82. The van der Waals surface area contributed by atoms with E-state index >= 15 is 0 Å². The summed E-state index contributed by atoms with van der Waals surface area (Å²) in [4.78, 5) is 13.7. The van der Waals surface area contributed by atoms with Crippen molar-refractivity contribution in [2.75, 3.05) is 26.2 Å². The summed E-state index contributed by atoms with van der Waals surface area (Å²) in [6.45, 7) is 6.67. The lowest BCUT2D eigenvalue weighted by Gasteiger charge is -2.34. The molecular formula is C14H21N3O. The van der Waals surface area contributed by atoms with Crippen LogP contribution in [0.25, 0.3) is 0 Å². The molecule has 4 heteroatoms. The van der Waals surface area contributed by atoms with E-state index in [-0.39, 0.29) is 5.91 Å². The van der Waals surface area contributed by atoms with Crippen molar-refractivity contribution in [2.45, 2.75) is 19.9 Å². The van der Waals surface area contributed by atoms with E-state index in [1.54, 1.807) is 0 Å². The molecule has 1 aliphatic rings. The Labute approximate surface area is 109 Å². The van der Waals surface area contributed by atoms with Gasteiger partial charge in [0.15, 0.2) is 0 Å². The molecule has 1 saturated heterocycles. The smallest absolute Gasteiger partial charge is 0.233 e. The molecule has 1 aromatic rings. The second kappa shape index (κ2) is 6.52. The molecule has 0 atom stereocenters. The van der Waals surface area contributed by atoms with Crippen molar-refractivity contribution in [3.63, 3.8) is 0 Å². The Bertz CT molecular complexity index is 372. The molecule has 4 nitrogen and oxygen atoms in total. The first kappa shape index (κ1) is 13.1. The highest BCUT2D eigenvalue weighted by molar-refractivity contribution is 5.74. The topological polar surface area (TPSA) is 35.6 Å². The molecule has 0 saturated carbocycles. The number of rotatable bonds is 4. The van der Waals surface area contributed by atoms with Crippen LogP contribution in [0.4, 0.5) is 0 Å². The molecule has 0 aromatic heterocycles. The van der Waals surface area contributed by atoms with Gasteiger partial charge in [-0.05, 0) is 5.56 Å². The Morgan fingerprint density at radius 1 is 1.17 bits per heavy atom. The third-order valence-electron chi connectivity index (χ3n) is 3.23. The Morgan fingerprint density at radius 3 is 2.44 bits per heavy atom. The predicted molar refractivity (Wildman–Crippen MR) is 71.7 cm³/mol. The number of hydrogen-bond donors (Lipinski definition) is 1. The number of hydrazine groups is 1. The Kier molecular flexibility index (Phi) is 4.73. The highest BCUT2D eigenvalue weighted by atomic mass is 16.2. The first-order valence-corrected chi connectivity index (χ1v) is 6.58. The normalized spacial score (nSPS) is 17.6. The van der Waals surface area contributed by atoms with Gasteiger partial charge < -0.3 is 0 Å². The number of nitrogens with zero attached hydrogens (tertiary/aromatic N) is 2. The van der Waals surface area contributed by atoms with Crippen LogP contribution in [0.2, 0.25) is 0 Å². The Balaban J connectivity index is 1.75. The van der Waals surface area contributed by atoms with Gasteiger partial charge >= 0.3 is 0 Å². The second-order valence-electron chi connectivity index (χ2n) is 4.64. The molecule has 0 bridgehead atoms. The van der Waals surface area contributed by atoms with Crippen LogP contribution in [0, 0.1) is 0 Å². The van der Waals surface area contributed by atoms with Crippen LogP contribution in [0.3, 0.4) is 0 Å². The van der Waals surface area contributed by atoms with Gasteiger partial charge in [-0.1, -0.05) is 37.3 Å². The van der Waals surface area contributed by atoms with Gasteiger partial charge in [0.25, 0.3) is 0 Å². The van der Waals surface area contributed by atoms with Gasteiger partial charge in [-0.3, -0.25) is 15.1 Å². The van der Waals surface area contributed by atoms with Gasteiger partial charge in [-0.25, -0.2) is 5.01 Å². The van der Waals surface area contributed by atoms with Crippen LogP contribution in [0.1, 0.15) is 18.9 Å². The van der Waals surface area contributed by atoms with Gasteiger partial charge in [0.2, 0.25) is 5.91 Å². The van der Waals surface area contributed by atoms with Gasteiger partial charge in [0.05, 0.1) is 0 Å². The van der Waals surface area contributed by atoms with E-state index < -0.39 is 0 Å². The Morgan fingerprint density at radius 2 is 1.83 bits per heavy atom. The summed E-state index contributed by atoms with van der Waals surface area (Å²) in [6, 6.07) is 10.5. The minimum Gasteiger partial charge on any atom is -0.296 e. The van der Waals surface area contributed by atoms with Gasteiger partial charge in [-0.15, -0.1) is 0 Å². The number of benzene rings is 1. The van der Waals surface area contributed by atoms with Crippen molar-refractivity contribution in [3.05, 3.63) is 35.9 Å². The minimum atomic E-state index is 0.103. The van der Waals surface area contributed by atoms with E-state index in [9.17, 15) is 4.79 Å². The van der Waals surface area contributed by atoms with Gasteiger partial charge in [0, 0.05) is 39.1 Å². The average Bonchev–Trinajstić information content (AvgIpc) is 2.42. The van der Waals surface area contributed by atoms with E-state index in [1.165, 1.54) is 5.56 Å². The van der Waals surface area contributed by atoms with Crippen molar-refractivity contribution in [2.24, 2.45) is 0 Å². The molecule has 2 rings (SSSR count). The summed E-state index contributed by atoms with van der Waals surface area (Å²) in [5.41, 5.74) is 4.27.